The first-order valence-corrected chi connectivity index (χ1v) is 8.97. The number of hydrogen-bond donors (Lipinski definition) is 3. The first-order valence-electron chi connectivity index (χ1n) is 8.97. The molecule has 0 radical (unpaired) electrons. The van der Waals surface area contributed by atoms with Gasteiger partial charge in [0.05, 0.1) is 5.69 Å². The molecule has 144 valence electrons. The summed E-state index contributed by atoms with van der Waals surface area (Å²) in [7, 11) is 0. The molecule has 0 bridgehead atoms. The van der Waals surface area contributed by atoms with E-state index in [-0.39, 0.29) is 11.7 Å². The van der Waals surface area contributed by atoms with E-state index in [2.05, 4.69) is 20.3 Å². The quantitative estimate of drug-likeness (QED) is 0.458. The SMILES string of the molecule is Cc1cc(Oc2ccc(Nc3cc(-c4ccc(O)cc4)nc(N)n3)cc2)ccn1. The predicted octanol–water partition coefficient (Wildman–Crippen LogP) is 4.67. The van der Waals surface area contributed by atoms with Gasteiger partial charge in [0, 0.05) is 35.3 Å². The first-order chi connectivity index (χ1) is 14.0. The largest absolute Gasteiger partial charge is 0.508 e. The van der Waals surface area contributed by atoms with Gasteiger partial charge >= 0.3 is 0 Å². The Morgan fingerprint density at radius 2 is 1.66 bits per heavy atom. The summed E-state index contributed by atoms with van der Waals surface area (Å²) in [6, 6.07) is 19.7. The molecule has 29 heavy (non-hydrogen) atoms. The van der Waals surface area contributed by atoms with Crippen molar-refractivity contribution in [1.82, 2.24) is 15.0 Å². The summed E-state index contributed by atoms with van der Waals surface area (Å²) in [5.41, 5.74) is 9.08. The van der Waals surface area contributed by atoms with Gasteiger partial charge in [-0.3, -0.25) is 4.98 Å². The molecule has 0 saturated carbocycles. The van der Waals surface area contributed by atoms with Crippen LogP contribution in [0.3, 0.4) is 0 Å². The summed E-state index contributed by atoms with van der Waals surface area (Å²) in [4.78, 5) is 12.7. The van der Waals surface area contributed by atoms with Gasteiger partial charge in [-0.15, -0.1) is 0 Å². The number of ether oxygens (including phenoxy) is 1. The average molecular weight is 385 g/mol. The Balaban J connectivity index is 1.51. The molecule has 4 aromatic rings. The lowest BCUT2D eigenvalue weighted by molar-refractivity contribution is 0.475. The third-order valence-corrected chi connectivity index (χ3v) is 4.14. The maximum Gasteiger partial charge on any atom is 0.222 e. The van der Waals surface area contributed by atoms with E-state index in [0.717, 1.165) is 22.7 Å². The molecule has 7 heteroatoms. The summed E-state index contributed by atoms with van der Waals surface area (Å²) >= 11 is 0. The zero-order chi connectivity index (χ0) is 20.2. The third kappa shape index (κ3) is 4.59. The molecule has 2 aromatic carbocycles. The Hall–Kier alpha value is -4.13. The van der Waals surface area contributed by atoms with Crippen LogP contribution in [-0.2, 0) is 0 Å². The van der Waals surface area contributed by atoms with E-state index in [1.165, 1.54) is 0 Å². The Morgan fingerprint density at radius 1 is 0.897 bits per heavy atom. The van der Waals surface area contributed by atoms with Gasteiger partial charge in [0.2, 0.25) is 5.95 Å². The van der Waals surface area contributed by atoms with Crippen molar-refractivity contribution in [3.63, 3.8) is 0 Å². The number of hydrogen-bond acceptors (Lipinski definition) is 7. The number of nitrogens with two attached hydrogens (primary N) is 1. The van der Waals surface area contributed by atoms with Crippen molar-refractivity contribution in [2.75, 3.05) is 11.1 Å². The number of benzene rings is 2. The third-order valence-electron chi connectivity index (χ3n) is 4.14. The molecular weight excluding hydrogens is 366 g/mol. The fourth-order valence-corrected chi connectivity index (χ4v) is 2.78. The van der Waals surface area contributed by atoms with Crippen molar-refractivity contribution in [1.29, 1.82) is 0 Å². The highest BCUT2D eigenvalue weighted by atomic mass is 16.5. The second-order valence-electron chi connectivity index (χ2n) is 6.43. The fraction of sp³-hybridized carbons (Fsp3) is 0.0455. The zero-order valence-corrected chi connectivity index (χ0v) is 15.7. The zero-order valence-electron chi connectivity index (χ0n) is 15.7. The van der Waals surface area contributed by atoms with E-state index in [1.54, 1.807) is 36.5 Å². The number of phenolic OH excluding ortho intramolecular Hbond substituents is 1. The maximum atomic E-state index is 9.45. The minimum atomic E-state index is 0.158. The van der Waals surface area contributed by atoms with Crippen molar-refractivity contribution in [2.45, 2.75) is 6.92 Å². The van der Waals surface area contributed by atoms with E-state index in [9.17, 15) is 5.11 Å². The van der Waals surface area contributed by atoms with Crippen LogP contribution in [0.2, 0.25) is 0 Å². The number of nitrogen functional groups attached to an aromatic ring is 1. The average Bonchev–Trinajstić information content (AvgIpc) is 2.70. The molecule has 0 spiro atoms. The summed E-state index contributed by atoms with van der Waals surface area (Å²) in [5, 5.41) is 12.7. The fourth-order valence-electron chi connectivity index (χ4n) is 2.78. The summed E-state index contributed by atoms with van der Waals surface area (Å²) in [5.74, 6) is 2.37. The molecule has 0 aliphatic carbocycles. The highest BCUT2D eigenvalue weighted by molar-refractivity contribution is 5.67. The maximum absolute atomic E-state index is 9.45. The van der Waals surface area contributed by atoms with Gasteiger partial charge in [-0.25, -0.2) is 4.98 Å². The number of pyridine rings is 1. The van der Waals surface area contributed by atoms with Gasteiger partial charge in [0.25, 0.3) is 0 Å². The molecule has 2 heterocycles. The number of aromatic nitrogens is 3. The van der Waals surface area contributed by atoms with Crippen molar-refractivity contribution >= 4 is 17.5 Å². The number of anilines is 3. The van der Waals surface area contributed by atoms with E-state index in [0.29, 0.717) is 17.3 Å². The molecule has 2 aromatic heterocycles. The van der Waals surface area contributed by atoms with Crippen LogP contribution in [-0.4, -0.2) is 20.1 Å². The van der Waals surface area contributed by atoms with Crippen LogP contribution < -0.4 is 15.8 Å². The first kappa shape index (κ1) is 18.2. The lowest BCUT2D eigenvalue weighted by atomic mass is 10.1. The van der Waals surface area contributed by atoms with Crippen molar-refractivity contribution in [2.24, 2.45) is 0 Å². The van der Waals surface area contributed by atoms with Crippen molar-refractivity contribution in [3.05, 3.63) is 78.6 Å². The smallest absolute Gasteiger partial charge is 0.222 e. The van der Waals surface area contributed by atoms with E-state index in [4.69, 9.17) is 10.5 Å². The van der Waals surface area contributed by atoms with Gasteiger partial charge in [0.1, 0.15) is 23.1 Å². The number of nitrogens with one attached hydrogen (secondary N) is 1. The molecule has 0 saturated heterocycles. The van der Waals surface area contributed by atoms with E-state index >= 15 is 0 Å². The van der Waals surface area contributed by atoms with Crippen LogP contribution in [0.1, 0.15) is 5.69 Å². The van der Waals surface area contributed by atoms with Crippen LogP contribution >= 0.6 is 0 Å². The molecule has 0 amide bonds. The van der Waals surface area contributed by atoms with Gasteiger partial charge in [0.15, 0.2) is 0 Å². The lowest BCUT2D eigenvalue weighted by Crippen LogP contribution is -2.01. The molecule has 0 atom stereocenters. The van der Waals surface area contributed by atoms with Crippen LogP contribution in [0, 0.1) is 6.92 Å². The topological polar surface area (TPSA) is 106 Å². The molecule has 4 rings (SSSR count). The molecule has 0 fully saturated rings. The number of aromatic hydroxyl groups is 1. The second kappa shape index (κ2) is 7.85. The molecule has 0 unspecified atom stereocenters. The van der Waals surface area contributed by atoms with Crippen LogP contribution in [0.25, 0.3) is 11.3 Å². The number of rotatable bonds is 5. The Kier molecular flexibility index (Phi) is 4.94. The Bertz CT molecular complexity index is 1130. The monoisotopic (exact) mass is 385 g/mol. The van der Waals surface area contributed by atoms with Gasteiger partial charge < -0.3 is 20.9 Å². The normalized spacial score (nSPS) is 10.5. The second-order valence-corrected chi connectivity index (χ2v) is 6.43. The number of phenols is 1. The van der Waals surface area contributed by atoms with Crippen LogP contribution in [0.4, 0.5) is 17.5 Å². The molecule has 4 N–H and O–H groups in total. The van der Waals surface area contributed by atoms with Gasteiger partial charge in [-0.1, -0.05) is 0 Å². The van der Waals surface area contributed by atoms with E-state index in [1.807, 2.05) is 43.3 Å². The summed E-state index contributed by atoms with van der Waals surface area (Å²) in [6.07, 6.45) is 1.71. The summed E-state index contributed by atoms with van der Waals surface area (Å²) in [6.45, 7) is 1.92. The van der Waals surface area contributed by atoms with Crippen molar-refractivity contribution in [3.8, 4) is 28.5 Å². The lowest BCUT2D eigenvalue weighted by Gasteiger charge is -2.10. The Morgan fingerprint density at radius 3 is 2.38 bits per heavy atom. The molecular formula is C22H19N5O2. The van der Waals surface area contributed by atoms with E-state index < -0.39 is 0 Å². The highest BCUT2D eigenvalue weighted by Crippen LogP contribution is 2.27. The molecule has 0 aliphatic heterocycles. The van der Waals surface area contributed by atoms with Gasteiger partial charge in [-0.05, 0) is 61.5 Å². The van der Waals surface area contributed by atoms with Crippen LogP contribution in [0.5, 0.6) is 17.2 Å². The standard InChI is InChI=1S/C22H19N5O2/c1-14-12-19(10-11-24-14)29-18-8-4-16(5-9-18)25-21-13-20(26-22(23)27-21)15-2-6-17(28)7-3-15/h2-13,28H,1H3,(H3,23,25,26,27). The minimum Gasteiger partial charge on any atom is -0.508 e. The van der Waals surface area contributed by atoms with Gasteiger partial charge in [-0.2, -0.15) is 4.98 Å². The predicted molar refractivity (Wildman–Crippen MR) is 112 cm³/mol. The number of aryl methyl sites for hydroxylation is 1. The Labute approximate surface area is 167 Å². The highest BCUT2D eigenvalue weighted by Gasteiger charge is 2.06. The minimum absolute atomic E-state index is 0.158. The van der Waals surface area contributed by atoms with Crippen molar-refractivity contribution < 1.29 is 9.84 Å². The molecule has 0 aliphatic rings. The summed E-state index contributed by atoms with van der Waals surface area (Å²) < 4.78 is 5.84. The number of nitrogens with zero attached hydrogens (tertiary/aromatic N) is 3. The molecule has 7 nitrogen and oxygen atoms in total. The van der Waals surface area contributed by atoms with Crippen LogP contribution in [0.15, 0.2) is 72.9 Å².